The van der Waals surface area contributed by atoms with Crippen LogP contribution >= 0.6 is 0 Å². The Kier molecular flexibility index (Phi) is 10.8. The molecule has 228 valence electrons. The number of aliphatic carboxylic acids is 2. The van der Waals surface area contributed by atoms with Crippen molar-refractivity contribution in [2.75, 3.05) is 0 Å². The molecule has 0 fully saturated rings. The zero-order valence-electron chi connectivity index (χ0n) is 22.8. The van der Waals surface area contributed by atoms with Crippen molar-refractivity contribution < 1.29 is 44.1 Å². The first-order valence-electron chi connectivity index (χ1n) is 13.1. The third kappa shape index (κ3) is 9.29. The number of carbonyl (C=O) groups excluding carboxylic acids is 4. The summed E-state index contributed by atoms with van der Waals surface area (Å²) in [5.41, 5.74) is 13.1. The molecule has 3 rings (SSSR count). The highest BCUT2D eigenvalue weighted by atomic mass is 16.4. The molecule has 43 heavy (non-hydrogen) atoms. The highest BCUT2D eigenvalue weighted by Crippen LogP contribution is 2.19. The van der Waals surface area contributed by atoms with Crippen molar-refractivity contribution in [2.45, 2.75) is 49.9 Å². The van der Waals surface area contributed by atoms with Crippen LogP contribution in [0.5, 0.6) is 5.75 Å². The maximum Gasteiger partial charge on any atom is 0.326 e. The van der Waals surface area contributed by atoms with E-state index in [0.29, 0.717) is 11.1 Å². The number of carbonyl (C=O) groups is 6. The number of amides is 4. The number of hydrogen-bond donors (Lipinski definition) is 9. The lowest BCUT2D eigenvalue weighted by atomic mass is 10.0. The predicted octanol–water partition coefficient (Wildman–Crippen LogP) is -1.12. The first-order chi connectivity index (χ1) is 20.3. The van der Waals surface area contributed by atoms with Crippen molar-refractivity contribution in [3.8, 4) is 5.75 Å². The summed E-state index contributed by atoms with van der Waals surface area (Å²) in [4.78, 5) is 76.7. The molecule has 4 amide bonds. The van der Waals surface area contributed by atoms with Crippen molar-refractivity contribution in [2.24, 2.45) is 11.5 Å². The summed E-state index contributed by atoms with van der Waals surface area (Å²) < 4.78 is 0. The van der Waals surface area contributed by atoms with Gasteiger partial charge < -0.3 is 47.7 Å². The minimum absolute atomic E-state index is 0.0292. The van der Waals surface area contributed by atoms with Crippen molar-refractivity contribution in [3.05, 3.63) is 65.9 Å². The zero-order valence-corrected chi connectivity index (χ0v) is 22.8. The highest BCUT2D eigenvalue weighted by Gasteiger charge is 2.32. The molecule has 1 heterocycles. The number of carboxylic acid groups (broad SMARTS) is 2. The number of rotatable bonds is 15. The maximum absolute atomic E-state index is 13.5. The van der Waals surface area contributed by atoms with Crippen molar-refractivity contribution >= 4 is 46.5 Å². The lowest BCUT2D eigenvalue weighted by Gasteiger charge is -2.24. The molecule has 15 heteroatoms. The summed E-state index contributed by atoms with van der Waals surface area (Å²) in [6.45, 7) is 0. The van der Waals surface area contributed by atoms with Gasteiger partial charge in [-0.2, -0.15) is 0 Å². The number of nitrogens with two attached hydrogens (primary N) is 2. The van der Waals surface area contributed by atoms with E-state index < -0.39 is 72.6 Å². The molecule has 11 N–H and O–H groups in total. The van der Waals surface area contributed by atoms with Crippen molar-refractivity contribution in [3.63, 3.8) is 0 Å². The largest absolute Gasteiger partial charge is 0.508 e. The minimum atomic E-state index is -1.77. The molecule has 0 aliphatic carbocycles. The first kappa shape index (κ1) is 32.1. The minimum Gasteiger partial charge on any atom is -0.508 e. The third-order valence-electron chi connectivity index (χ3n) is 6.49. The van der Waals surface area contributed by atoms with Gasteiger partial charge in [0.1, 0.15) is 23.9 Å². The number of aromatic amines is 1. The SMILES string of the molecule is NC(=O)CC(NC(=O)C(CC(=O)O)NC(=O)C(Cc1c[nH]c2ccccc12)NC(=O)C(N)Cc1ccc(O)cc1)C(=O)O. The van der Waals surface area contributed by atoms with E-state index in [1.54, 1.807) is 42.6 Å². The number of phenols is 1. The number of benzene rings is 2. The second-order valence-electron chi connectivity index (χ2n) is 9.83. The molecule has 15 nitrogen and oxygen atoms in total. The quantitative estimate of drug-likeness (QED) is 0.102. The monoisotopic (exact) mass is 596 g/mol. The van der Waals surface area contributed by atoms with E-state index in [4.69, 9.17) is 11.5 Å². The summed E-state index contributed by atoms with van der Waals surface area (Å²) in [6, 6.07) is 7.19. The predicted molar refractivity (Wildman–Crippen MR) is 151 cm³/mol. The van der Waals surface area contributed by atoms with Gasteiger partial charge in [-0.3, -0.25) is 24.0 Å². The molecule has 0 bridgehead atoms. The second-order valence-corrected chi connectivity index (χ2v) is 9.83. The molecule has 0 radical (unpaired) electrons. The molecule has 0 saturated heterocycles. The van der Waals surface area contributed by atoms with Gasteiger partial charge in [0.15, 0.2) is 0 Å². The van der Waals surface area contributed by atoms with Crippen LogP contribution in [0.3, 0.4) is 0 Å². The zero-order chi connectivity index (χ0) is 31.7. The van der Waals surface area contributed by atoms with Crippen LogP contribution < -0.4 is 27.4 Å². The summed E-state index contributed by atoms with van der Waals surface area (Å²) in [5.74, 6) is -6.95. The van der Waals surface area contributed by atoms with Crippen LogP contribution in [0.25, 0.3) is 10.9 Å². The smallest absolute Gasteiger partial charge is 0.326 e. The molecular formula is C28H32N6O9. The fourth-order valence-electron chi connectivity index (χ4n) is 4.32. The normalized spacial score (nSPS) is 13.7. The van der Waals surface area contributed by atoms with Crippen LogP contribution in [0.15, 0.2) is 54.7 Å². The van der Waals surface area contributed by atoms with Gasteiger partial charge in [0, 0.05) is 23.5 Å². The summed E-state index contributed by atoms with van der Waals surface area (Å²) in [6.07, 6.45) is -0.0971. The Morgan fingerprint density at radius 2 is 1.37 bits per heavy atom. The standard InChI is InChI=1S/C28H32N6O9/c29-18(9-14-5-7-16(35)8-6-14)25(39)32-20(10-15-13-31-19-4-2-1-3-17(15)19)26(40)33-21(12-24(37)38)27(41)34-22(28(42)43)11-23(30)36/h1-8,13,18,20-22,31,35H,9-12,29H2,(H2,30,36)(H,32,39)(H,33,40)(H,34,41)(H,37,38)(H,42,43). The number of H-pyrrole nitrogens is 1. The average molecular weight is 597 g/mol. The Morgan fingerprint density at radius 1 is 0.767 bits per heavy atom. The second kappa shape index (κ2) is 14.5. The number of aromatic nitrogens is 1. The van der Waals surface area contributed by atoms with Crippen LogP contribution in [0.1, 0.15) is 24.0 Å². The molecule has 0 spiro atoms. The Morgan fingerprint density at radius 3 is 2.00 bits per heavy atom. The van der Waals surface area contributed by atoms with E-state index in [2.05, 4.69) is 15.6 Å². The van der Waals surface area contributed by atoms with E-state index in [9.17, 15) is 44.1 Å². The van der Waals surface area contributed by atoms with Crippen LogP contribution in [-0.2, 0) is 41.6 Å². The van der Waals surface area contributed by atoms with Gasteiger partial charge >= 0.3 is 11.9 Å². The molecule has 0 saturated carbocycles. The third-order valence-corrected chi connectivity index (χ3v) is 6.49. The topological polar surface area (TPSA) is 267 Å². The fourth-order valence-corrected chi connectivity index (χ4v) is 4.32. The fraction of sp³-hybridized carbons (Fsp3) is 0.286. The number of hydrogen-bond acceptors (Lipinski definition) is 8. The summed E-state index contributed by atoms with van der Waals surface area (Å²) in [7, 11) is 0. The van der Waals surface area contributed by atoms with E-state index in [1.165, 1.54) is 12.1 Å². The van der Waals surface area contributed by atoms with Crippen LogP contribution in [0.2, 0.25) is 0 Å². The van der Waals surface area contributed by atoms with E-state index in [1.807, 2.05) is 5.32 Å². The van der Waals surface area contributed by atoms with Gasteiger partial charge in [-0.15, -0.1) is 0 Å². The summed E-state index contributed by atoms with van der Waals surface area (Å²) in [5, 5.41) is 35.7. The van der Waals surface area contributed by atoms with Crippen molar-refractivity contribution in [1.82, 2.24) is 20.9 Å². The van der Waals surface area contributed by atoms with Gasteiger partial charge in [-0.05, 0) is 35.7 Å². The molecule has 2 aromatic carbocycles. The number of nitrogens with one attached hydrogen (secondary N) is 4. The Labute approximate surface area is 244 Å². The summed E-state index contributed by atoms with van der Waals surface area (Å²) >= 11 is 0. The van der Waals surface area contributed by atoms with E-state index in [0.717, 1.165) is 10.9 Å². The van der Waals surface area contributed by atoms with Crippen LogP contribution in [-0.4, -0.2) is 80.0 Å². The molecule has 1 aromatic heterocycles. The number of aromatic hydroxyl groups is 1. The van der Waals surface area contributed by atoms with E-state index >= 15 is 0 Å². The lowest BCUT2D eigenvalue weighted by Crippen LogP contribution is -2.58. The number of para-hydroxylation sites is 1. The maximum atomic E-state index is 13.5. The molecule has 0 aliphatic heterocycles. The number of fused-ring (bicyclic) bond motifs is 1. The molecular weight excluding hydrogens is 564 g/mol. The van der Waals surface area contributed by atoms with Crippen LogP contribution in [0.4, 0.5) is 0 Å². The highest BCUT2D eigenvalue weighted by molar-refractivity contribution is 5.97. The Bertz CT molecular complexity index is 1500. The van der Waals surface area contributed by atoms with Gasteiger partial charge in [-0.1, -0.05) is 30.3 Å². The Hall–Kier alpha value is -5.44. The van der Waals surface area contributed by atoms with E-state index in [-0.39, 0.29) is 18.6 Å². The Balaban J connectivity index is 1.84. The van der Waals surface area contributed by atoms with Gasteiger partial charge in [0.2, 0.25) is 23.6 Å². The number of primary amides is 1. The number of carboxylic acids is 2. The first-order valence-corrected chi connectivity index (χ1v) is 13.1. The molecule has 4 atom stereocenters. The van der Waals surface area contributed by atoms with Crippen molar-refractivity contribution in [1.29, 1.82) is 0 Å². The van der Waals surface area contributed by atoms with Crippen LogP contribution in [0, 0.1) is 0 Å². The average Bonchev–Trinajstić information content (AvgIpc) is 3.35. The van der Waals surface area contributed by atoms with Gasteiger partial charge in [0.25, 0.3) is 0 Å². The molecule has 0 aliphatic rings. The molecule has 3 aromatic rings. The number of phenolic OH excluding ortho intramolecular Hbond substituents is 1. The molecule has 4 unspecified atom stereocenters. The lowest BCUT2D eigenvalue weighted by molar-refractivity contribution is -0.144. The van der Waals surface area contributed by atoms with Gasteiger partial charge in [-0.25, -0.2) is 4.79 Å². The van der Waals surface area contributed by atoms with Gasteiger partial charge in [0.05, 0.1) is 18.9 Å².